The van der Waals surface area contributed by atoms with Crippen molar-refractivity contribution in [1.82, 2.24) is 0 Å². The van der Waals surface area contributed by atoms with Gasteiger partial charge in [0.2, 0.25) is 0 Å². The predicted octanol–water partition coefficient (Wildman–Crippen LogP) is 4.57. The van der Waals surface area contributed by atoms with Gasteiger partial charge >= 0.3 is 5.97 Å². The first-order chi connectivity index (χ1) is 10.4. The van der Waals surface area contributed by atoms with E-state index in [0.717, 1.165) is 0 Å². The van der Waals surface area contributed by atoms with Gasteiger partial charge in [-0.05, 0) is 25.1 Å². The molecule has 0 aliphatic rings. The molecular formula is C15H11Cl2NO4. The number of rotatable bonds is 4. The van der Waals surface area contributed by atoms with Gasteiger partial charge in [-0.2, -0.15) is 0 Å². The lowest BCUT2D eigenvalue weighted by molar-refractivity contribution is -0.385. The number of nitrogens with zero attached hydrogens (tertiary/aromatic N) is 1. The summed E-state index contributed by atoms with van der Waals surface area (Å²) in [5.74, 6) is -0.669. The van der Waals surface area contributed by atoms with E-state index in [0.29, 0.717) is 15.6 Å². The van der Waals surface area contributed by atoms with Crippen molar-refractivity contribution >= 4 is 34.9 Å². The number of carbonyl (C=O) groups is 1. The van der Waals surface area contributed by atoms with Crippen LogP contribution in [0.2, 0.25) is 10.0 Å². The summed E-state index contributed by atoms with van der Waals surface area (Å²) < 4.78 is 5.16. The summed E-state index contributed by atoms with van der Waals surface area (Å²) in [5, 5.41) is 11.7. The second-order valence-corrected chi connectivity index (χ2v) is 5.30. The molecule has 0 radical (unpaired) electrons. The Kier molecular flexibility index (Phi) is 5.00. The third-order valence-electron chi connectivity index (χ3n) is 3.13. The number of hydrogen-bond donors (Lipinski definition) is 0. The summed E-state index contributed by atoms with van der Waals surface area (Å²) in [7, 11) is 0. The summed E-state index contributed by atoms with van der Waals surface area (Å²) in [6.45, 7) is 1.39. The van der Waals surface area contributed by atoms with E-state index in [1.807, 2.05) is 0 Å². The minimum Gasteiger partial charge on any atom is -0.457 e. The van der Waals surface area contributed by atoms with Gasteiger partial charge in [-0.25, -0.2) is 4.79 Å². The first-order valence-corrected chi connectivity index (χ1v) is 7.01. The average Bonchev–Trinajstić information content (AvgIpc) is 2.46. The molecule has 0 spiro atoms. The van der Waals surface area contributed by atoms with Crippen LogP contribution in [0.1, 0.15) is 21.5 Å². The van der Waals surface area contributed by atoms with Crippen molar-refractivity contribution in [1.29, 1.82) is 0 Å². The Morgan fingerprint density at radius 2 is 1.77 bits per heavy atom. The standard InChI is InChI=1S/C15H11Cl2NO4/c1-9-10(4-2-7-14(9)18(20)21)15(19)22-8-11-12(16)5-3-6-13(11)17/h2-7H,8H2,1H3. The zero-order chi connectivity index (χ0) is 16.3. The van der Waals surface area contributed by atoms with E-state index in [9.17, 15) is 14.9 Å². The Hall–Kier alpha value is -2.11. The van der Waals surface area contributed by atoms with Gasteiger partial charge in [0.25, 0.3) is 5.69 Å². The number of hydrogen-bond acceptors (Lipinski definition) is 4. The van der Waals surface area contributed by atoms with Gasteiger partial charge in [-0.1, -0.05) is 35.3 Å². The number of halogens is 2. The minimum absolute atomic E-state index is 0.112. The molecule has 0 N–H and O–H groups in total. The summed E-state index contributed by atoms with van der Waals surface area (Å²) in [6, 6.07) is 9.19. The van der Waals surface area contributed by atoms with Crippen LogP contribution in [0, 0.1) is 17.0 Å². The molecule has 114 valence electrons. The summed E-state index contributed by atoms with van der Waals surface area (Å²) in [6.07, 6.45) is 0. The van der Waals surface area contributed by atoms with Crippen LogP contribution in [0.25, 0.3) is 0 Å². The van der Waals surface area contributed by atoms with Crippen LogP contribution in [0.5, 0.6) is 0 Å². The number of esters is 1. The van der Waals surface area contributed by atoms with Crippen LogP contribution in [0.4, 0.5) is 5.69 Å². The number of carbonyl (C=O) groups excluding carboxylic acids is 1. The van der Waals surface area contributed by atoms with Gasteiger partial charge in [-0.15, -0.1) is 0 Å². The molecule has 0 amide bonds. The lowest BCUT2D eigenvalue weighted by atomic mass is 10.1. The van der Waals surface area contributed by atoms with Crippen LogP contribution in [-0.2, 0) is 11.3 Å². The fourth-order valence-corrected chi connectivity index (χ4v) is 2.43. The zero-order valence-corrected chi connectivity index (χ0v) is 13.0. The topological polar surface area (TPSA) is 69.4 Å². The van der Waals surface area contributed by atoms with Gasteiger partial charge in [0.05, 0.1) is 10.5 Å². The Morgan fingerprint density at radius 3 is 2.36 bits per heavy atom. The lowest BCUT2D eigenvalue weighted by Crippen LogP contribution is -2.09. The molecule has 0 aromatic heterocycles. The van der Waals surface area contributed by atoms with Crippen molar-refractivity contribution < 1.29 is 14.5 Å². The number of nitro benzene ring substituents is 1. The highest BCUT2D eigenvalue weighted by atomic mass is 35.5. The van der Waals surface area contributed by atoms with Crippen molar-refractivity contribution in [2.75, 3.05) is 0 Å². The molecule has 2 aromatic carbocycles. The molecule has 0 saturated heterocycles. The molecule has 0 heterocycles. The molecule has 2 rings (SSSR count). The SMILES string of the molecule is Cc1c(C(=O)OCc2c(Cl)cccc2Cl)cccc1[N+](=O)[O-]. The van der Waals surface area contributed by atoms with Crippen molar-refractivity contribution in [2.45, 2.75) is 13.5 Å². The molecule has 0 aliphatic heterocycles. The highest BCUT2D eigenvalue weighted by Gasteiger charge is 2.19. The van der Waals surface area contributed by atoms with Gasteiger partial charge < -0.3 is 4.74 Å². The normalized spacial score (nSPS) is 10.3. The van der Waals surface area contributed by atoms with Gasteiger partial charge in [0, 0.05) is 27.2 Å². The van der Waals surface area contributed by atoms with E-state index in [1.54, 1.807) is 18.2 Å². The fraction of sp³-hybridized carbons (Fsp3) is 0.133. The van der Waals surface area contributed by atoms with Gasteiger partial charge in [-0.3, -0.25) is 10.1 Å². The Bertz CT molecular complexity index is 726. The second-order valence-electron chi connectivity index (χ2n) is 4.48. The Morgan fingerprint density at radius 1 is 1.18 bits per heavy atom. The molecular weight excluding hydrogens is 329 g/mol. The molecule has 0 atom stereocenters. The smallest absolute Gasteiger partial charge is 0.338 e. The van der Waals surface area contributed by atoms with Crippen LogP contribution in [0.15, 0.2) is 36.4 Å². The largest absolute Gasteiger partial charge is 0.457 e. The van der Waals surface area contributed by atoms with E-state index in [4.69, 9.17) is 27.9 Å². The first-order valence-electron chi connectivity index (χ1n) is 6.26. The molecule has 0 unspecified atom stereocenters. The minimum atomic E-state index is -0.669. The Balaban J connectivity index is 2.20. The average molecular weight is 340 g/mol. The molecule has 0 bridgehead atoms. The molecule has 0 fully saturated rings. The van der Waals surface area contributed by atoms with Crippen LogP contribution >= 0.6 is 23.2 Å². The maximum absolute atomic E-state index is 12.1. The summed E-state index contributed by atoms with van der Waals surface area (Å²) >= 11 is 12.0. The predicted molar refractivity (Wildman–Crippen MR) is 83.4 cm³/mol. The first kappa shape index (κ1) is 16.3. The van der Waals surface area contributed by atoms with Gasteiger partial charge in [0.15, 0.2) is 0 Å². The summed E-state index contributed by atoms with van der Waals surface area (Å²) in [5.41, 5.74) is 0.743. The van der Waals surface area contributed by atoms with E-state index in [1.165, 1.54) is 25.1 Å². The Labute approximate surface area is 136 Å². The molecule has 0 saturated carbocycles. The molecule has 0 aliphatic carbocycles. The monoisotopic (exact) mass is 339 g/mol. The second kappa shape index (κ2) is 6.77. The number of ether oxygens (including phenoxy) is 1. The van der Waals surface area contributed by atoms with Crippen molar-refractivity contribution in [2.24, 2.45) is 0 Å². The molecule has 5 nitrogen and oxygen atoms in total. The van der Waals surface area contributed by atoms with E-state index in [2.05, 4.69) is 0 Å². The van der Waals surface area contributed by atoms with Crippen molar-refractivity contribution in [3.8, 4) is 0 Å². The van der Waals surface area contributed by atoms with Crippen molar-refractivity contribution in [3.05, 3.63) is 73.2 Å². The fourth-order valence-electron chi connectivity index (χ4n) is 1.93. The number of nitro groups is 1. The van der Waals surface area contributed by atoms with Crippen molar-refractivity contribution in [3.63, 3.8) is 0 Å². The van der Waals surface area contributed by atoms with E-state index >= 15 is 0 Å². The molecule has 2 aromatic rings. The van der Waals surface area contributed by atoms with Gasteiger partial charge in [0.1, 0.15) is 6.61 Å². The summed E-state index contributed by atoms with van der Waals surface area (Å²) in [4.78, 5) is 22.4. The van der Waals surface area contributed by atoms with E-state index < -0.39 is 10.9 Å². The molecule has 22 heavy (non-hydrogen) atoms. The number of benzene rings is 2. The third kappa shape index (κ3) is 3.37. The van der Waals surface area contributed by atoms with E-state index in [-0.39, 0.29) is 23.4 Å². The lowest BCUT2D eigenvalue weighted by Gasteiger charge is -2.09. The highest BCUT2D eigenvalue weighted by Crippen LogP contribution is 2.26. The maximum Gasteiger partial charge on any atom is 0.338 e. The van der Waals surface area contributed by atoms with Crippen LogP contribution in [-0.4, -0.2) is 10.9 Å². The third-order valence-corrected chi connectivity index (χ3v) is 3.84. The van der Waals surface area contributed by atoms with Crippen LogP contribution < -0.4 is 0 Å². The zero-order valence-electron chi connectivity index (χ0n) is 11.5. The highest BCUT2D eigenvalue weighted by molar-refractivity contribution is 6.35. The van der Waals surface area contributed by atoms with Crippen LogP contribution in [0.3, 0.4) is 0 Å². The maximum atomic E-state index is 12.1. The quantitative estimate of drug-likeness (QED) is 0.464. The molecule has 7 heteroatoms.